The second-order valence-corrected chi connectivity index (χ2v) is 3.03. The highest BCUT2D eigenvalue weighted by Gasteiger charge is 1.96. The van der Waals surface area contributed by atoms with Gasteiger partial charge in [-0.3, -0.25) is 10.9 Å². The smallest absolute Gasteiger partial charge is 0.0353 e. The van der Waals surface area contributed by atoms with Gasteiger partial charge in [0.1, 0.15) is 0 Å². The molecule has 0 radical (unpaired) electrons. The van der Waals surface area contributed by atoms with Crippen molar-refractivity contribution < 1.29 is 0 Å². The molecule has 0 saturated carbocycles. The third kappa shape index (κ3) is 2.32. The Bertz CT molecular complexity index is 256. The predicted molar refractivity (Wildman–Crippen MR) is 51.8 cm³/mol. The van der Waals surface area contributed by atoms with Gasteiger partial charge in [-0.05, 0) is 32.0 Å². The SMILES string of the molecule is CNNCc1cc(C)ccc1C. The van der Waals surface area contributed by atoms with E-state index in [0.29, 0.717) is 0 Å². The maximum Gasteiger partial charge on any atom is 0.0353 e. The van der Waals surface area contributed by atoms with Crippen molar-refractivity contribution in [3.05, 3.63) is 34.9 Å². The molecular formula is C10H16N2. The van der Waals surface area contributed by atoms with E-state index in [4.69, 9.17) is 0 Å². The van der Waals surface area contributed by atoms with Gasteiger partial charge in [0.15, 0.2) is 0 Å². The molecule has 2 N–H and O–H groups in total. The van der Waals surface area contributed by atoms with Crippen LogP contribution in [0.1, 0.15) is 16.7 Å². The molecular weight excluding hydrogens is 148 g/mol. The quantitative estimate of drug-likeness (QED) is 0.662. The van der Waals surface area contributed by atoms with Crippen LogP contribution in [-0.2, 0) is 6.54 Å². The number of benzene rings is 1. The van der Waals surface area contributed by atoms with Gasteiger partial charge in [-0.25, -0.2) is 0 Å². The molecule has 0 bridgehead atoms. The zero-order valence-electron chi connectivity index (χ0n) is 7.94. The molecule has 2 nitrogen and oxygen atoms in total. The lowest BCUT2D eigenvalue weighted by molar-refractivity contribution is 0.594. The highest BCUT2D eigenvalue weighted by Crippen LogP contribution is 2.09. The zero-order chi connectivity index (χ0) is 8.97. The Morgan fingerprint density at radius 3 is 2.67 bits per heavy atom. The molecule has 0 aliphatic heterocycles. The van der Waals surface area contributed by atoms with Crippen LogP contribution in [-0.4, -0.2) is 7.05 Å². The highest BCUT2D eigenvalue weighted by molar-refractivity contribution is 5.30. The second kappa shape index (κ2) is 4.24. The number of nitrogens with one attached hydrogen (secondary N) is 2. The van der Waals surface area contributed by atoms with Crippen LogP contribution in [0.3, 0.4) is 0 Å². The number of rotatable bonds is 3. The molecule has 0 aliphatic carbocycles. The van der Waals surface area contributed by atoms with E-state index in [2.05, 4.69) is 42.9 Å². The minimum Gasteiger partial charge on any atom is -0.261 e. The zero-order valence-corrected chi connectivity index (χ0v) is 7.94. The average molecular weight is 164 g/mol. The van der Waals surface area contributed by atoms with Crippen LogP contribution >= 0.6 is 0 Å². The Balaban J connectivity index is 2.75. The molecule has 0 aliphatic rings. The van der Waals surface area contributed by atoms with Gasteiger partial charge in [-0.15, -0.1) is 0 Å². The molecule has 0 amide bonds. The summed E-state index contributed by atoms with van der Waals surface area (Å²) in [7, 11) is 1.88. The standard InChI is InChI=1S/C10H16N2/c1-8-4-5-9(2)10(6-8)7-12-11-3/h4-6,11-12H,7H2,1-3H3. The van der Waals surface area contributed by atoms with Crippen LogP contribution < -0.4 is 10.9 Å². The third-order valence-electron chi connectivity index (χ3n) is 1.96. The molecule has 0 saturated heterocycles. The first-order valence-electron chi connectivity index (χ1n) is 4.20. The number of hydrogen-bond acceptors (Lipinski definition) is 2. The summed E-state index contributed by atoms with van der Waals surface area (Å²) in [5.74, 6) is 0. The molecule has 2 heteroatoms. The van der Waals surface area contributed by atoms with Crippen LogP contribution in [0.2, 0.25) is 0 Å². The molecule has 1 aromatic carbocycles. The summed E-state index contributed by atoms with van der Waals surface area (Å²) in [6, 6.07) is 6.50. The fourth-order valence-electron chi connectivity index (χ4n) is 1.17. The third-order valence-corrected chi connectivity index (χ3v) is 1.96. The molecule has 1 aromatic rings. The van der Waals surface area contributed by atoms with E-state index in [1.807, 2.05) is 7.05 Å². The minimum absolute atomic E-state index is 0.879. The van der Waals surface area contributed by atoms with Gasteiger partial charge in [-0.2, -0.15) is 0 Å². The lowest BCUT2D eigenvalue weighted by atomic mass is 10.1. The average Bonchev–Trinajstić information content (AvgIpc) is 2.07. The lowest BCUT2D eigenvalue weighted by Gasteiger charge is -2.07. The summed E-state index contributed by atoms with van der Waals surface area (Å²) in [6.07, 6.45) is 0. The van der Waals surface area contributed by atoms with Crippen molar-refractivity contribution in [3.8, 4) is 0 Å². The molecule has 0 unspecified atom stereocenters. The van der Waals surface area contributed by atoms with Crippen LogP contribution in [0.15, 0.2) is 18.2 Å². The normalized spacial score (nSPS) is 10.2. The second-order valence-electron chi connectivity index (χ2n) is 3.03. The van der Waals surface area contributed by atoms with Gasteiger partial charge < -0.3 is 0 Å². The fraction of sp³-hybridized carbons (Fsp3) is 0.400. The number of hydrogen-bond donors (Lipinski definition) is 2. The molecule has 0 heterocycles. The molecule has 0 spiro atoms. The van der Waals surface area contributed by atoms with Gasteiger partial charge in [0.05, 0.1) is 0 Å². The Morgan fingerprint density at radius 2 is 2.00 bits per heavy atom. The van der Waals surface area contributed by atoms with Crippen molar-refractivity contribution in [1.82, 2.24) is 10.9 Å². The monoisotopic (exact) mass is 164 g/mol. The predicted octanol–water partition coefficient (Wildman–Crippen LogP) is 1.53. The molecule has 1 rings (SSSR count). The van der Waals surface area contributed by atoms with Crippen LogP contribution in [0.5, 0.6) is 0 Å². The summed E-state index contributed by atoms with van der Waals surface area (Å²) in [5, 5.41) is 0. The van der Waals surface area contributed by atoms with Crippen molar-refractivity contribution in [1.29, 1.82) is 0 Å². The van der Waals surface area contributed by atoms with Crippen LogP contribution in [0.25, 0.3) is 0 Å². The Morgan fingerprint density at radius 1 is 1.25 bits per heavy atom. The van der Waals surface area contributed by atoms with E-state index in [-0.39, 0.29) is 0 Å². The van der Waals surface area contributed by atoms with E-state index in [1.165, 1.54) is 16.7 Å². The van der Waals surface area contributed by atoms with Gasteiger partial charge in [0, 0.05) is 6.54 Å². The summed E-state index contributed by atoms with van der Waals surface area (Å²) in [4.78, 5) is 0. The Kier molecular flexibility index (Phi) is 3.26. The van der Waals surface area contributed by atoms with Crippen molar-refractivity contribution in [2.75, 3.05) is 7.05 Å². The van der Waals surface area contributed by atoms with Crippen molar-refractivity contribution in [2.45, 2.75) is 20.4 Å². The van der Waals surface area contributed by atoms with E-state index in [0.717, 1.165) is 6.54 Å². The Labute approximate surface area is 74.0 Å². The van der Waals surface area contributed by atoms with Crippen molar-refractivity contribution in [2.24, 2.45) is 0 Å². The summed E-state index contributed by atoms with van der Waals surface area (Å²) in [5.41, 5.74) is 10.00. The summed E-state index contributed by atoms with van der Waals surface area (Å²) in [6.45, 7) is 5.12. The van der Waals surface area contributed by atoms with E-state index in [1.54, 1.807) is 0 Å². The molecule has 66 valence electrons. The summed E-state index contributed by atoms with van der Waals surface area (Å²) < 4.78 is 0. The minimum atomic E-state index is 0.879. The van der Waals surface area contributed by atoms with Gasteiger partial charge in [0.2, 0.25) is 0 Å². The topological polar surface area (TPSA) is 24.1 Å². The highest BCUT2D eigenvalue weighted by atomic mass is 15.3. The molecule has 0 aromatic heterocycles. The molecule has 0 fully saturated rings. The maximum absolute atomic E-state index is 3.08. The van der Waals surface area contributed by atoms with Gasteiger partial charge >= 0.3 is 0 Å². The van der Waals surface area contributed by atoms with Crippen molar-refractivity contribution >= 4 is 0 Å². The Hall–Kier alpha value is -0.860. The van der Waals surface area contributed by atoms with Gasteiger partial charge in [0.25, 0.3) is 0 Å². The van der Waals surface area contributed by atoms with Crippen LogP contribution in [0, 0.1) is 13.8 Å². The van der Waals surface area contributed by atoms with E-state index in [9.17, 15) is 0 Å². The summed E-state index contributed by atoms with van der Waals surface area (Å²) >= 11 is 0. The van der Waals surface area contributed by atoms with Crippen molar-refractivity contribution in [3.63, 3.8) is 0 Å². The largest absolute Gasteiger partial charge is 0.261 e. The van der Waals surface area contributed by atoms with Crippen LogP contribution in [0.4, 0.5) is 0 Å². The lowest BCUT2D eigenvalue weighted by Crippen LogP contribution is -2.26. The first-order chi connectivity index (χ1) is 5.74. The molecule has 0 atom stereocenters. The van der Waals surface area contributed by atoms with Gasteiger partial charge in [-0.1, -0.05) is 23.8 Å². The number of hydrazine groups is 1. The number of aryl methyl sites for hydroxylation is 2. The van der Waals surface area contributed by atoms with E-state index >= 15 is 0 Å². The first kappa shape index (κ1) is 9.23. The molecule has 12 heavy (non-hydrogen) atoms. The fourth-order valence-corrected chi connectivity index (χ4v) is 1.17. The van der Waals surface area contributed by atoms with E-state index < -0.39 is 0 Å². The maximum atomic E-state index is 3.08. The first-order valence-corrected chi connectivity index (χ1v) is 4.20.